The smallest absolute Gasteiger partial charge is 0.240 e. The summed E-state index contributed by atoms with van der Waals surface area (Å²) in [6.07, 6.45) is -0.399. The summed E-state index contributed by atoms with van der Waals surface area (Å²) in [4.78, 5) is 2.66. The average Bonchev–Trinajstić information content (AvgIpc) is 3.20. The molecular weight excluding hydrogens is 677 g/mol. The minimum Gasteiger partial charge on any atom is -0.493 e. The Labute approximate surface area is 305 Å². The molecule has 0 radical (unpaired) electrons. The van der Waals surface area contributed by atoms with Crippen LogP contribution in [0.5, 0.6) is 11.5 Å². The van der Waals surface area contributed by atoms with Crippen molar-refractivity contribution in [3.8, 4) is 11.5 Å². The van der Waals surface area contributed by atoms with E-state index in [1.807, 2.05) is 66.7 Å². The molecule has 1 saturated heterocycles. The van der Waals surface area contributed by atoms with Gasteiger partial charge in [0.15, 0.2) is 17.8 Å². The molecule has 2 aliphatic rings. The van der Waals surface area contributed by atoms with E-state index < -0.39 is 16.3 Å². The number of hydrogen-bond acceptors (Lipinski definition) is 8. The topological polar surface area (TPSA) is 107 Å². The molecule has 0 spiro atoms. The minimum atomic E-state index is -3.65. The Balaban J connectivity index is 1.18. The number of aliphatic hydroxyl groups excluding tert-OH is 1. The van der Waals surface area contributed by atoms with E-state index in [-0.39, 0.29) is 36.2 Å². The minimum absolute atomic E-state index is 0.0385. The zero-order valence-corrected chi connectivity index (χ0v) is 30.2. The van der Waals surface area contributed by atoms with Gasteiger partial charge in [-0.15, -0.1) is 0 Å². The van der Waals surface area contributed by atoms with Crippen LogP contribution in [-0.4, -0.2) is 51.8 Å². The fourth-order valence-corrected chi connectivity index (χ4v) is 8.21. The highest BCUT2D eigenvalue weighted by molar-refractivity contribution is 7.89. The number of aliphatic hydroxyl groups is 1. The average molecular weight is 721 g/mol. The lowest BCUT2D eigenvalue weighted by Crippen LogP contribution is -2.45. The van der Waals surface area contributed by atoms with Crippen LogP contribution in [0.3, 0.4) is 0 Å². The first-order chi connectivity index (χ1) is 25.3. The van der Waals surface area contributed by atoms with Crippen LogP contribution in [0.2, 0.25) is 0 Å². The van der Waals surface area contributed by atoms with Gasteiger partial charge in [0.1, 0.15) is 0 Å². The van der Waals surface area contributed by atoms with Gasteiger partial charge in [-0.1, -0.05) is 97.1 Å². The lowest BCUT2D eigenvalue weighted by Gasteiger charge is -2.45. The van der Waals surface area contributed by atoms with Crippen molar-refractivity contribution in [2.75, 3.05) is 27.3 Å². The molecule has 270 valence electrons. The molecular formula is C42H44N2O7S. The number of nitrogens with one attached hydrogen (secondary N) is 1. The molecule has 1 unspecified atom stereocenters. The van der Waals surface area contributed by atoms with Crippen LogP contribution in [0.15, 0.2) is 126 Å². The van der Waals surface area contributed by atoms with Gasteiger partial charge in [-0.3, -0.25) is 4.90 Å². The van der Waals surface area contributed by atoms with Gasteiger partial charge in [0.25, 0.3) is 0 Å². The maximum absolute atomic E-state index is 12.8. The predicted octanol–water partition coefficient (Wildman–Crippen LogP) is 6.67. The molecule has 7 rings (SSSR count). The van der Waals surface area contributed by atoms with Crippen LogP contribution in [0.25, 0.3) is 0 Å². The summed E-state index contributed by atoms with van der Waals surface area (Å²) in [6.45, 7) is 2.38. The van der Waals surface area contributed by atoms with E-state index in [1.54, 1.807) is 44.6 Å². The van der Waals surface area contributed by atoms with E-state index in [9.17, 15) is 13.5 Å². The van der Waals surface area contributed by atoms with Gasteiger partial charge in [-0.05, 0) is 64.1 Å². The van der Waals surface area contributed by atoms with Crippen molar-refractivity contribution in [3.05, 3.63) is 160 Å². The second kappa shape index (κ2) is 16.0. The van der Waals surface area contributed by atoms with Crippen molar-refractivity contribution in [1.82, 2.24) is 9.62 Å². The number of hydrogen-bond donors (Lipinski definition) is 2. The van der Waals surface area contributed by atoms with Crippen molar-refractivity contribution in [2.24, 2.45) is 0 Å². The van der Waals surface area contributed by atoms with Crippen LogP contribution in [0, 0.1) is 0 Å². The number of nitrogens with zero attached hydrogens (tertiary/aromatic N) is 1. The summed E-state index contributed by atoms with van der Waals surface area (Å²) in [7, 11) is -0.321. The normalized spacial score (nSPS) is 20.6. The first-order valence-corrected chi connectivity index (χ1v) is 19.0. The molecule has 9 nitrogen and oxygen atoms in total. The van der Waals surface area contributed by atoms with Crippen molar-refractivity contribution in [2.45, 2.75) is 55.4 Å². The summed E-state index contributed by atoms with van der Waals surface area (Å²) in [6, 6.07) is 38.5. The number of methoxy groups -OCH3 is 2. The van der Waals surface area contributed by atoms with Crippen LogP contribution >= 0.6 is 0 Å². The Morgan fingerprint density at radius 1 is 0.750 bits per heavy atom. The molecule has 0 saturated carbocycles. The first kappa shape index (κ1) is 35.8. The van der Waals surface area contributed by atoms with Gasteiger partial charge in [0.2, 0.25) is 10.0 Å². The Hall–Kier alpha value is -4.55. The summed E-state index contributed by atoms with van der Waals surface area (Å²) in [5.41, 5.74) is 7.06. The number of sulfonamides is 1. The van der Waals surface area contributed by atoms with Crippen molar-refractivity contribution >= 4 is 10.0 Å². The Morgan fingerprint density at radius 2 is 1.37 bits per heavy atom. The van der Waals surface area contributed by atoms with Gasteiger partial charge in [0.05, 0.1) is 37.9 Å². The highest BCUT2D eigenvalue weighted by atomic mass is 32.2. The van der Waals surface area contributed by atoms with Gasteiger partial charge >= 0.3 is 0 Å². The first-order valence-electron chi connectivity index (χ1n) is 17.5. The molecule has 10 heteroatoms. The monoisotopic (exact) mass is 720 g/mol. The molecule has 0 aliphatic carbocycles. The molecule has 5 aromatic carbocycles. The van der Waals surface area contributed by atoms with E-state index >= 15 is 0 Å². The van der Waals surface area contributed by atoms with Gasteiger partial charge in [-0.2, -0.15) is 0 Å². The van der Waals surface area contributed by atoms with Crippen LogP contribution in [0.4, 0.5) is 0 Å². The number of rotatable bonds is 12. The van der Waals surface area contributed by atoms with Crippen molar-refractivity contribution < 1.29 is 32.5 Å². The van der Waals surface area contributed by atoms with Gasteiger partial charge in [-0.25, -0.2) is 13.1 Å². The van der Waals surface area contributed by atoms with E-state index in [0.29, 0.717) is 6.54 Å². The van der Waals surface area contributed by atoms with E-state index in [2.05, 4.69) is 33.9 Å². The quantitative estimate of drug-likeness (QED) is 0.147. The fourth-order valence-electron chi connectivity index (χ4n) is 7.17. The van der Waals surface area contributed by atoms with E-state index in [1.165, 1.54) is 11.1 Å². The summed E-state index contributed by atoms with van der Waals surface area (Å²) in [5, 5.41) is 9.77. The molecule has 2 aliphatic heterocycles. The molecule has 0 aromatic heterocycles. The van der Waals surface area contributed by atoms with Gasteiger partial charge in [0, 0.05) is 37.7 Å². The van der Waals surface area contributed by atoms with E-state index in [0.717, 1.165) is 58.8 Å². The molecule has 1 fully saturated rings. The lowest BCUT2D eigenvalue weighted by atomic mass is 9.82. The SMILES string of the molecule is COc1cc2c(cc1OC)CN(C[C@H]1OC(c3ccc(CNS(=O)(=O)c4ccccc4)cc3)O[C@@H](c3ccc(CO)cc3)[C@@H]1c1ccccc1)CC2. The predicted molar refractivity (Wildman–Crippen MR) is 198 cm³/mol. The van der Waals surface area contributed by atoms with Crippen LogP contribution < -0.4 is 14.2 Å². The lowest BCUT2D eigenvalue weighted by molar-refractivity contribution is -0.263. The summed E-state index contributed by atoms with van der Waals surface area (Å²) in [5.74, 6) is 1.33. The second-order valence-corrected chi connectivity index (χ2v) is 15.0. The molecule has 5 aromatic rings. The standard InChI is InChI=1S/C42H44N2O7S/c1-48-37-23-34-21-22-44(26-35(34)24-38(37)49-2)27-39-40(31-9-5-3-6-10-31)41(32-17-15-30(28-45)16-18-32)51-42(50-39)33-19-13-29(14-20-33)25-43-52(46,47)36-11-7-4-8-12-36/h3-20,23-24,39-43,45H,21-22,25-28H2,1-2H3/t39-,40-,41+,42?/m1/s1. The van der Waals surface area contributed by atoms with Crippen molar-refractivity contribution in [1.29, 1.82) is 0 Å². The molecule has 0 amide bonds. The third-order valence-corrected chi connectivity index (χ3v) is 11.4. The highest BCUT2D eigenvalue weighted by Crippen LogP contribution is 2.47. The number of benzene rings is 5. The van der Waals surface area contributed by atoms with Crippen LogP contribution in [0.1, 0.15) is 57.3 Å². The molecule has 4 atom stereocenters. The molecule has 52 heavy (non-hydrogen) atoms. The Morgan fingerprint density at radius 3 is 2.02 bits per heavy atom. The Kier molecular flexibility index (Phi) is 11.0. The zero-order chi connectivity index (χ0) is 36.1. The third kappa shape index (κ3) is 7.92. The molecule has 2 heterocycles. The maximum Gasteiger partial charge on any atom is 0.240 e. The van der Waals surface area contributed by atoms with E-state index in [4.69, 9.17) is 18.9 Å². The largest absolute Gasteiger partial charge is 0.493 e. The van der Waals surface area contributed by atoms with Crippen molar-refractivity contribution in [3.63, 3.8) is 0 Å². The summed E-state index contributed by atoms with van der Waals surface area (Å²) < 4.78 is 53.4. The highest BCUT2D eigenvalue weighted by Gasteiger charge is 2.43. The second-order valence-electron chi connectivity index (χ2n) is 13.2. The molecule has 2 N–H and O–H groups in total. The van der Waals surface area contributed by atoms with Gasteiger partial charge < -0.3 is 24.1 Å². The number of fused-ring (bicyclic) bond motifs is 1. The molecule has 0 bridgehead atoms. The number of ether oxygens (including phenoxy) is 4. The van der Waals surface area contributed by atoms with Crippen LogP contribution in [-0.2, 0) is 45.6 Å². The third-order valence-electron chi connectivity index (χ3n) is 9.98. The Bertz CT molecular complexity index is 2040. The fraction of sp³-hybridized carbons (Fsp3) is 0.286. The zero-order valence-electron chi connectivity index (χ0n) is 29.4. The summed E-state index contributed by atoms with van der Waals surface area (Å²) >= 11 is 0. The maximum atomic E-state index is 12.8.